The molecule has 0 fully saturated rings. The molecule has 220 valence electrons. The van der Waals surface area contributed by atoms with Crippen LogP contribution in [0.1, 0.15) is 60.9 Å². The molecule has 0 heterocycles. The Kier molecular flexibility index (Phi) is 11.1. The number of sulfonamides is 1. The van der Waals surface area contributed by atoms with E-state index in [-0.39, 0.29) is 17.3 Å². The van der Waals surface area contributed by atoms with Gasteiger partial charge in [0.15, 0.2) is 0 Å². The lowest BCUT2D eigenvalue weighted by molar-refractivity contribution is -0.140. The molecule has 7 nitrogen and oxygen atoms in total. The Morgan fingerprint density at radius 1 is 0.854 bits per heavy atom. The van der Waals surface area contributed by atoms with Gasteiger partial charge in [-0.1, -0.05) is 79.9 Å². The monoisotopic (exact) mass is 577 g/mol. The number of hydrogen-bond donors (Lipinski definition) is 1. The zero-order valence-corrected chi connectivity index (χ0v) is 25.9. The van der Waals surface area contributed by atoms with Crippen molar-refractivity contribution >= 4 is 27.5 Å². The van der Waals surface area contributed by atoms with Crippen LogP contribution in [0.3, 0.4) is 0 Å². The molecule has 1 unspecified atom stereocenters. The van der Waals surface area contributed by atoms with Crippen LogP contribution < -0.4 is 9.62 Å². The maximum absolute atomic E-state index is 14.2. The molecule has 0 saturated heterocycles. The zero-order chi connectivity index (χ0) is 30.2. The molecule has 41 heavy (non-hydrogen) atoms. The first kappa shape index (κ1) is 31.9. The Labute approximate surface area is 245 Å². The molecule has 1 N–H and O–H groups in total. The van der Waals surface area contributed by atoms with Crippen LogP contribution in [-0.4, -0.2) is 44.3 Å². The van der Waals surface area contributed by atoms with Gasteiger partial charge in [0.05, 0.1) is 10.6 Å². The highest BCUT2D eigenvalue weighted by molar-refractivity contribution is 7.92. The number of anilines is 1. The first-order chi connectivity index (χ1) is 19.5. The van der Waals surface area contributed by atoms with E-state index in [4.69, 9.17) is 0 Å². The fourth-order valence-electron chi connectivity index (χ4n) is 4.77. The normalized spacial score (nSPS) is 12.0. The molecule has 3 rings (SSSR count). The third-order valence-corrected chi connectivity index (χ3v) is 8.95. The Bertz CT molecular complexity index is 1450. The molecular weight excluding hydrogens is 534 g/mol. The van der Waals surface area contributed by atoms with Crippen LogP contribution >= 0.6 is 0 Å². The summed E-state index contributed by atoms with van der Waals surface area (Å²) in [6.07, 6.45) is 2.16. The van der Waals surface area contributed by atoms with Crippen LogP contribution in [0.5, 0.6) is 0 Å². The molecule has 0 aliphatic carbocycles. The zero-order valence-electron chi connectivity index (χ0n) is 25.1. The topological polar surface area (TPSA) is 86.8 Å². The van der Waals surface area contributed by atoms with Crippen molar-refractivity contribution < 1.29 is 18.0 Å². The summed E-state index contributed by atoms with van der Waals surface area (Å²) in [7, 11) is -4.10. The van der Waals surface area contributed by atoms with Crippen LogP contribution in [0, 0.1) is 27.7 Å². The Morgan fingerprint density at radius 3 is 2.15 bits per heavy atom. The Morgan fingerprint density at radius 2 is 1.51 bits per heavy atom. The van der Waals surface area contributed by atoms with E-state index < -0.39 is 28.5 Å². The SMILES string of the molecule is CCCCNC(=O)C(CC)N(Cc1cccc(C)c1)C(=O)CN(c1cc(C)ccc1C)S(=O)(=O)c1ccc(C)cc1. The number of nitrogens with zero attached hydrogens (tertiary/aromatic N) is 2. The number of carbonyl (C=O) groups excluding carboxylic acids is 2. The smallest absolute Gasteiger partial charge is 0.264 e. The van der Waals surface area contributed by atoms with Crippen molar-refractivity contribution in [2.45, 2.75) is 78.3 Å². The highest BCUT2D eigenvalue weighted by Crippen LogP contribution is 2.29. The van der Waals surface area contributed by atoms with Crippen molar-refractivity contribution in [3.05, 3.63) is 94.5 Å². The second-order valence-corrected chi connectivity index (χ2v) is 12.6. The van der Waals surface area contributed by atoms with Crippen molar-refractivity contribution in [3.8, 4) is 0 Å². The van der Waals surface area contributed by atoms with Gasteiger partial charge in [0.2, 0.25) is 11.8 Å². The summed E-state index contributed by atoms with van der Waals surface area (Å²) in [5.74, 6) is -0.678. The number of rotatable bonds is 13. The van der Waals surface area contributed by atoms with E-state index in [1.165, 1.54) is 9.21 Å². The summed E-state index contributed by atoms with van der Waals surface area (Å²) in [5, 5.41) is 2.97. The summed E-state index contributed by atoms with van der Waals surface area (Å²) in [6.45, 7) is 11.8. The fraction of sp³-hybridized carbons (Fsp3) is 0.394. The van der Waals surface area contributed by atoms with Crippen LogP contribution in [0.15, 0.2) is 71.6 Å². The van der Waals surface area contributed by atoms with E-state index in [0.29, 0.717) is 18.7 Å². The van der Waals surface area contributed by atoms with Crippen molar-refractivity contribution in [2.24, 2.45) is 0 Å². The standard InChI is InChI=1S/C33H43N3O4S/c1-7-9-19-34-33(38)30(8-2)35(22-28-12-10-11-25(4)20-28)32(37)23-36(31-21-26(5)13-16-27(31)6)41(39,40)29-17-14-24(3)15-18-29/h10-18,20-21,30H,7-9,19,22-23H2,1-6H3,(H,34,38). The molecule has 0 aliphatic heterocycles. The highest BCUT2D eigenvalue weighted by atomic mass is 32.2. The number of carbonyl (C=O) groups is 2. The predicted octanol–water partition coefficient (Wildman–Crippen LogP) is 5.84. The molecular formula is C33H43N3O4S. The number of amides is 2. The van der Waals surface area contributed by atoms with Gasteiger partial charge < -0.3 is 10.2 Å². The minimum Gasteiger partial charge on any atom is -0.354 e. The molecule has 3 aromatic rings. The third-order valence-electron chi connectivity index (χ3n) is 7.17. The molecule has 0 bridgehead atoms. The summed E-state index contributed by atoms with van der Waals surface area (Å²) in [4.78, 5) is 29.2. The van der Waals surface area contributed by atoms with Gasteiger partial charge in [0, 0.05) is 13.1 Å². The summed E-state index contributed by atoms with van der Waals surface area (Å²) in [5.41, 5.74) is 4.89. The second-order valence-electron chi connectivity index (χ2n) is 10.7. The van der Waals surface area contributed by atoms with Crippen LogP contribution in [0.2, 0.25) is 0 Å². The van der Waals surface area contributed by atoms with Crippen molar-refractivity contribution in [2.75, 3.05) is 17.4 Å². The van der Waals surface area contributed by atoms with Gasteiger partial charge in [0.25, 0.3) is 10.0 Å². The average Bonchev–Trinajstić information content (AvgIpc) is 2.93. The van der Waals surface area contributed by atoms with Gasteiger partial charge >= 0.3 is 0 Å². The lowest BCUT2D eigenvalue weighted by Gasteiger charge is -2.33. The van der Waals surface area contributed by atoms with Gasteiger partial charge in [-0.2, -0.15) is 0 Å². The van der Waals surface area contributed by atoms with Crippen LogP contribution in [-0.2, 0) is 26.2 Å². The van der Waals surface area contributed by atoms with Crippen molar-refractivity contribution in [1.29, 1.82) is 0 Å². The first-order valence-corrected chi connectivity index (χ1v) is 15.7. The van der Waals surface area contributed by atoms with E-state index in [0.717, 1.165) is 40.7 Å². The van der Waals surface area contributed by atoms with Crippen LogP contribution in [0.4, 0.5) is 5.69 Å². The minimum atomic E-state index is -4.10. The van der Waals surface area contributed by atoms with E-state index in [1.54, 1.807) is 30.3 Å². The molecule has 0 spiro atoms. The summed E-state index contributed by atoms with van der Waals surface area (Å²) in [6, 6.07) is 19.2. The van der Waals surface area contributed by atoms with E-state index >= 15 is 0 Å². The summed E-state index contributed by atoms with van der Waals surface area (Å²) >= 11 is 0. The number of benzene rings is 3. The fourth-order valence-corrected chi connectivity index (χ4v) is 6.24. The number of unbranched alkanes of at least 4 members (excludes halogenated alkanes) is 1. The first-order valence-electron chi connectivity index (χ1n) is 14.3. The number of aryl methyl sites for hydroxylation is 4. The van der Waals surface area contributed by atoms with Gasteiger partial charge in [-0.15, -0.1) is 0 Å². The molecule has 3 aromatic carbocycles. The van der Waals surface area contributed by atoms with Crippen molar-refractivity contribution in [3.63, 3.8) is 0 Å². The van der Waals surface area contributed by atoms with Gasteiger partial charge in [-0.05, 0) is 75.4 Å². The molecule has 0 aromatic heterocycles. The van der Waals surface area contributed by atoms with E-state index in [2.05, 4.69) is 5.32 Å². The van der Waals surface area contributed by atoms with Crippen LogP contribution in [0.25, 0.3) is 0 Å². The number of nitrogens with one attached hydrogen (secondary N) is 1. The van der Waals surface area contributed by atoms with Gasteiger partial charge in [0.1, 0.15) is 12.6 Å². The summed E-state index contributed by atoms with van der Waals surface area (Å²) < 4.78 is 29.4. The molecule has 0 saturated carbocycles. The minimum absolute atomic E-state index is 0.103. The largest absolute Gasteiger partial charge is 0.354 e. The average molecular weight is 578 g/mol. The third kappa shape index (κ3) is 8.19. The maximum Gasteiger partial charge on any atom is 0.264 e. The van der Waals surface area contributed by atoms with E-state index in [1.807, 2.05) is 77.9 Å². The van der Waals surface area contributed by atoms with Crippen molar-refractivity contribution in [1.82, 2.24) is 10.2 Å². The molecule has 0 aliphatic rings. The lowest BCUT2D eigenvalue weighted by Crippen LogP contribution is -2.52. The Hall–Kier alpha value is -3.65. The molecule has 0 radical (unpaired) electrons. The Balaban J connectivity index is 2.08. The molecule has 1 atom stereocenters. The van der Waals surface area contributed by atoms with E-state index in [9.17, 15) is 18.0 Å². The molecule has 8 heteroatoms. The highest BCUT2D eigenvalue weighted by Gasteiger charge is 2.34. The predicted molar refractivity (Wildman–Crippen MR) is 165 cm³/mol. The lowest BCUT2D eigenvalue weighted by atomic mass is 10.1. The van der Waals surface area contributed by atoms with Gasteiger partial charge in [-0.3, -0.25) is 13.9 Å². The number of hydrogen-bond acceptors (Lipinski definition) is 4. The van der Waals surface area contributed by atoms with Gasteiger partial charge in [-0.25, -0.2) is 8.42 Å². The molecule has 2 amide bonds. The quantitative estimate of drug-likeness (QED) is 0.259. The maximum atomic E-state index is 14.2. The second kappa shape index (κ2) is 14.3.